The first kappa shape index (κ1) is 14.9. The van der Waals surface area contributed by atoms with Gasteiger partial charge in [-0.15, -0.1) is 0 Å². The van der Waals surface area contributed by atoms with Crippen LogP contribution in [0.2, 0.25) is 39.3 Å². The van der Waals surface area contributed by atoms with Crippen molar-refractivity contribution in [3.05, 3.63) is 0 Å². The average Bonchev–Trinajstić information content (AvgIpc) is 1.96. The molecule has 1 heterocycles. The lowest BCUT2D eigenvalue weighted by atomic mass is 10.7. The predicted molar refractivity (Wildman–Crippen MR) is 78.1 cm³/mol. The third-order valence-corrected chi connectivity index (χ3v) is 15.3. The van der Waals surface area contributed by atoms with Crippen molar-refractivity contribution in [1.29, 1.82) is 0 Å². The summed E-state index contributed by atoms with van der Waals surface area (Å²) in [6.07, 6.45) is 0. The van der Waals surface area contributed by atoms with Gasteiger partial charge < -0.3 is 11.8 Å². The van der Waals surface area contributed by atoms with Gasteiger partial charge in [0.2, 0.25) is 0 Å². The molecule has 1 rings (SSSR count). The third-order valence-electron chi connectivity index (χ3n) is 3.25. The zero-order valence-corrected chi connectivity index (χ0v) is 15.3. The summed E-state index contributed by atoms with van der Waals surface area (Å²) >= 11 is -0.219. The maximum atomic E-state index is 5.71. The molecule has 16 heavy (non-hydrogen) atoms. The van der Waals surface area contributed by atoms with E-state index in [2.05, 4.69) is 46.4 Å². The molecule has 0 bridgehead atoms. The van der Waals surface area contributed by atoms with Gasteiger partial charge in [-0.05, 0) is 13.1 Å². The molecule has 94 valence electrons. The van der Waals surface area contributed by atoms with Gasteiger partial charge in [0.1, 0.15) is 0 Å². The Morgan fingerprint density at radius 3 is 1.50 bits per heavy atom. The molecule has 1 aliphatic rings. The van der Waals surface area contributed by atoms with Crippen molar-refractivity contribution < 1.29 is 4.74 Å². The molecule has 0 aliphatic carbocycles. The smallest absolute Gasteiger partial charge is 0.396 e. The van der Waals surface area contributed by atoms with Crippen LogP contribution in [0.3, 0.4) is 0 Å². The van der Waals surface area contributed by atoms with Gasteiger partial charge in [0.25, 0.3) is 0 Å². The average molecular weight is 274 g/mol. The Labute approximate surface area is 109 Å². The van der Waals surface area contributed by atoms with Gasteiger partial charge in [0.15, 0.2) is 0 Å². The second-order valence-electron chi connectivity index (χ2n) is 6.62. The van der Waals surface area contributed by atoms with E-state index in [0.717, 1.165) is 13.2 Å². The Bertz CT molecular complexity index is 206. The molecular formula is C10H27AlN2OSi2. The van der Waals surface area contributed by atoms with Gasteiger partial charge in [0.05, 0.1) is 29.7 Å². The topological polar surface area (TPSA) is 15.7 Å². The van der Waals surface area contributed by atoms with Crippen LogP contribution in [-0.2, 0) is 4.74 Å². The van der Waals surface area contributed by atoms with Crippen LogP contribution in [-0.4, -0.2) is 65.5 Å². The van der Waals surface area contributed by atoms with Gasteiger partial charge >= 0.3 is 15.7 Å². The predicted octanol–water partition coefficient (Wildman–Crippen LogP) is 1.56. The van der Waals surface area contributed by atoms with E-state index in [4.69, 9.17) is 4.74 Å². The van der Waals surface area contributed by atoms with Crippen LogP contribution in [0.15, 0.2) is 0 Å². The van der Waals surface area contributed by atoms with E-state index in [1.165, 1.54) is 13.1 Å². The Balaban J connectivity index is 2.72. The molecule has 0 aromatic rings. The van der Waals surface area contributed by atoms with Crippen molar-refractivity contribution in [3.8, 4) is 0 Å². The van der Waals surface area contributed by atoms with Crippen molar-refractivity contribution in [2.24, 2.45) is 0 Å². The lowest BCUT2D eigenvalue weighted by Crippen LogP contribution is -2.62. The van der Waals surface area contributed by atoms with Crippen molar-refractivity contribution in [2.45, 2.75) is 39.3 Å². The Morgan fingerprint density at radius 2 is 1.19 bits per heavy atom. The molecule has 1 saturated heterocycles. The highest BCUT2D eigenvalue weighted by molar-refractivity contribution is 6.83. The standard InChI is InChI=1S/C10H26N2OSi2.Al.H/c1-14(2,3)11-7-9-13-10-8-12-15(4,5)6;;/h7-10H2,1-6H3;;/q-2;+2;. The van der Waals surface area contributed by atoms with Gasteiger partial charge in [-0.2, -0.15) is 0 Å². The molecule has 1 aliphatic heterocycles. The maximum absolute atomic E-state index is 5.71. The number of nitrogens with zero attached hydrogens (tertiary/aromatic N) is 2. The SMILES string of the molecule is C[Si](C)(C)[N]1CCOCC[N]([Si](C)(C)C)[AlH]1. The quantitative estimate of drug-likeness (QED) is 0.711. The summed E-state index contributed by atoms with van der Waals surface area (Å²) in [4.78, 5) is 0. The molecular weight excluding hydrogens is 247 g/mol. The number of hydrogen-bond acceptors (Lipinski definition) is 3. The largest absolute Gasteiger partial charge is 0.448 e. The highest BCUT2D eigenvalue weighted by Gasteiger charge is 2.33. The molecule has 6 heteroatoms. The molecule has 0 atom stereocenters. The van der Waals surface area contributed by atoms with Crippen LogP contribution in [0.5, 0.6) is 0 Å². The van der Waals surface area contributed by atoms with E-state index in [9.17, 15) is 0 Å². The Morgan fingerprint density at radius 1 is 0.812 bits per heavy atom. The molecule has 0 amide bonds. The summed E-state index contributed by atoms with van der Waals surface area (Å²) in [6.45, 7) is 19.0. The lowest BCUT2D eigenvalue weighted by Gasteiger charge is -2.44. The molecule has 0 N–H and O–H groups in total. The maximum Gasteiger partial charge on any atom is 0.448 e. The normalized spacial score (nSPS) is 22.4. The summed E-state index contributed by atoms with van der Waals surface area (Å²) in [5.74, 6) is 0. The first-order valence-electron chi connectivity index (χ1n) is 6.29. The summed E-state index contributed by atoms with van der Waals surface area (Å²) in [7, 11) is -2.27. The van der Waals surface area contributed by atoms with Crippen molar-refractivity contribution in [3.63, 3.8) is 0 Å². The van der Waals surface area contributed by atoms with Gasteiger partial charge in [0, 0.05) is 0 Å². The minimum absolute atomic E-state index is 0.219. The fraction of sp³-hybridized carbons (Fsp3) is 1.00. The highest BCUT2D eigenvalue weighted by Crippen LogP contribution is 2.15. The molecule has 0 saturated carbocycles. The minimum Gasteiger partial charge on any atom is -0.396 e. The van der Waals surface area contributed by atoms with E-state index < -0.39 is 16.5 Å². The molecule has 1 fully saturated rings. The summed E-state index contributed by atoms with van der Waals surface area (Å²) in [5.41, 5.74) is 0. The van der Waals surface area contributed by atoms with E-state index >= 15 is 0 Å². The van der Waals surface area contributed by atoms with E-state index in [1.54, 1.807) is 0 Å². The molecule has 0 radical (unpaired) electrons. The Kier molecular flexibility index (Phi) is 5.27. The van der Waals surface area contributed by atoms with Crippen LogP contribution in [0, 0.1) is 0 Å². The Hall–Kier alpha value is 0.846. The van der Waals surface area contributed by atoms with Crippen LogP contribution >= 0.6 is 0 Å². The lowest BCUT2D eigenvalue weighted by molar-refractivity contribution is 0.118. The van der Waals surface area contributed by atoms with Gasteiger partial charge in [-0.25, -0.2) is 0 Å². The van der Waals surface area contributed by atoms with E-state index in [1.807, 2.05) is 0 Å². The fourth-order valence-corrected chi connectivity index (χ4v) is 9.21. The van der Waals surface area contributed by atoms with Crippen molar-refractivity contribution in [2.75, 3.05) is 26.3 Å². The monoisotopic (exact) mass is 274 g/mol. The number of rotatable bonds is 2. The molecule has 0 unspecified atom stereocenters. The first-order chi connectivity index (χ1) is 7.21. The summed E-state index contributed by atoms with van der Waals surface area (Å²) < 4.78 is 11.3. The van der Waals surface area contributed by atoms with Crippen LogP contribution < -0.4 is 0 Å². The van der Waals surface area contributed by atoms with Gasteiger partial charge in [-0.3, -0.25) is 0 Å². The fourth-order valence-electron chi connectivity index (χ4n) is 1.89. The van der Waals surface area contributed by atoms with E-state index in [-0.39, 0.29) is 15.7 Å². The van der Waals surface area contributed by atoms with E-state index in [0.29, 0.717) is 0 Å². The molecule has 0 aromatic heterocycles. The molecule has 3 nitrogen and oxygen atoms in total. The van der Waals surface area contributed by atoms with Crippen molar-refractivity contribution in [1.82, 2.24) is 7.10 Å². The first-order valence-corrected chi connectivity index (χ1v) is 14.4. The summed E-state index contributed by atoms with van der Waals surface area (Å²) in [6, 6.07) is 0. The van der Waals surface area contributed by atoms with Crippen LogP contribution in [0.4, 0.5) is 0 Å². The zero-order valence-electron chi connectivity index (χ0n) is 11.8. The van der Waals surface area contributed by atoms with Crippen LogP contribution in [0.25, 0.3) is 0 Å². The minimum atomic E-state index is -1.14. The summed E-state index contributed by atoms with van der Waals surface area (Å²) in [5, 5.41) is 0. The van der Waals surface area contributed by atoms with Crippen LogP contribution in [0.1, 0.15) is 0 Å². The number of hydrogen-bond donors (Lipinski definition) is 0. The van der Waals surface area contributed by atoms with Gasteiger partial charge in [-0.1, -0.05) is 39.3 Å². The zero-order chi connectivity index (χ0) is 12.4. The molecule has 0 spiro atoms. The second kappa shape index (κ2) is 5.66. The highest BCUT2D eigenvalue weighted by atomic mass is 28.3. The van der Waals surface area contributed by atoms with Crippen molar-refractivity contribution >= 4 is 32.1 Å². The number of ether oxygens (including phenoxy) is 1. The second-order valence-corrected chi connectivity index (χ2v) is 19.6. The third kappa shape index (κ3) is 4.61. The molecule has 0 aromatic carbocycles.